The highest BCUT2D eigenvalue weighted by Gasteiger charge is 1.94. The van der Waals surface area contributed by atoms with Crippen molar-refractivity contribution >= 4 is 11.6 Å². The lowest BCUT2D eigenvalue weighted by atomic mass is 10.2. The molecule has 0 amide bonds. The normalized spacial score (nSPS) is 9.40. The van der Waals surface area contributed by atoms with Gasteiger partial charge in [0.2, 0.25) is 0 Å². The molecule has 3 heteroatoms. The van der Waals surface area contributed by atoms with Crippen LogP contribution in [0.25, 0.3) is 5.69 Å². The van der Waals surface area contributed by atoms with Crippen molar-refractivity contribution in [3.63, 3.8) is 0 Å². The summed E-state index contributed by atoms with van der Waals surface area (Å²) in [5.74, 6) is 6.13. The molecule has 1 heterocycles. The van der Waals surface area contributed by atoms with Gasteiger partial charge in [0.1, 0.15) is 0 Å². The maximum atomic E-state index is 5.48. The van der Waals surface area contributed by atoms with Crippen LogP contribution in [0.5, 0.6) is 0 Å². The molecule has 1 aromatic heterocycles. The SMILES string of the molecule is ClCC#Cc1ccc(-n2cccn2)cc1. The van der Waals surface area contributed by atoms with Crippen LogP contribution in [0.15, 0.2) is 42.7 Å². The van der Waals surface area contributed by atoms with Crippen LogP contribution in [0, 0.1) is 11.8 Å². The summed E-state index contributed by atoms with van der Waals surface area (Å²) in [5.41, 5.74) is 1.99. The lowest BCUT2D eigenvalue weighted by molar-refractivity contribution is 0.880. The van der Waals surface area contributed by atoms with Gasteiger partial charge in [-0.25, -0.2) is 4.68 Å². The molecule has 74 valence electrons. The topological polar surface area (TPSA) is 17.8 Å². The molecule has 15 heavy (non-hydrogen) atoms. The average molecular weight is 217 g/mol. The molecule has 2 aromatic rings. The zero-order valence-electron chi connectivity index (χ0n) is 8.02. The largest absolute Gasteiger partial charge is 0.241 e. The van der Waals surface area contributed by atoms with Gasteiger partial charge in [-0.1, -0.05) is 11.8 Å². The molecule has 0 saturated carbocycles. The van der Waals surface area contributed by atoms with Crippen molar-refractivity contribution in [3.05, 3.63) is 48.3 Å². The van der Waals surface area contributed by atoms with E-state index < -0.39 is 0 Å². The molecular formula is C12H9ClN2. The number of hydrogen-bond acceptors (Lipinski definition) is 1. The first-order chi connectivity index (χ1) is 7.40. The van der Waals surface area contributed by atoms with E-state index in [0.29, 0.717) is 5.88 Å². The Bertz CT molecular complexity index is 475. The lowest BCUT2D eigenvalue weighted by Gasteiger charge is -2.00. The van der Waals surface area contributed by atoms with Gasteiger partial charge < -0.3 is 0 Å². The number of aromatic nitrogens is 2. The minimum absolute atomic E-state index is 0.362. The van der Waals surface area contributed by atoms with Crippen LogP contribution in [-0.2, 0) is 0 Å². The van der Waals surface area contributed by atoms with Gasteiger partial charge in [0.25, 0.3) is 0 Å². The predicted octanol–water partition coefficient (Wildman–Crippen LogP) is 2.46. The molecule has 2 rings (SSSR count). The van der Waals surface area contributed by atoms with Crippen molar-refractivity contribution in [2.75, 3.05) is 5.88 Å². The van der Waals surface area contributed by atoms with Gasteiger partial charge in [0.15, 0.2) is 0 Å². The van der Waals surface area contributed by atoms with Crippen molar-refractivity contribution in [2.45, 2.75) is 0 Å². The van der Waals surface area contributed by atoms with Gasteiger partial charge in [0, 0.05) is 18.0 Å². The Labute approximate surface area is 93.5 Å². The summed E-state index contributed by atoms with van der Waals surface area (Å²) < 4.78 is 1.80. The Balaban J connectivity index is 2.25. The molecule has 0 N–H and O–H groups in total. The smallest absolute Gasteiger partial charge is 0.0839 e. The first kappa shape index (κ1) is 9.82. The zero-order valence-corrected chi connectivity index (χ0v) is 8.78. The third kappa shape index (κ3) is 2.39. The van der Waals surface area contributed by atoms with Crippen LogP contribution < -0.4 is 0 Å². The number of halogens is 1. The van der Waals surface area contributed by atoms with Gasteiger partial charge in [0.05, 0.1) is 11.6 Å². The fourth-order valence-electron chi connectivity index (χ4n) is 1.25. The molecular weight excluding hydrogens is 208 g/mol. The quantitative estimate of drug-likeness (QED) is 0.529. The summed E-state index contributed by atoms with van der Waals surface area (Å²) in [4.78, 5) is 0. The molecule has 0 saturated heterocycles. The van der Waals surface area contributed by atoms with Crippen LogP contribution in [0.3, 0.4) is 0 Å². The second-order valence-corrected chi connectivity index (χ2v) is 3.20. The van der Waals surface area contributed by atoms with Crippen molar-refractivity contribution in [2.24, 2.45) is 0 Å². The number of nitrogens with zero attached hydrogens (tertiary/aromatic N) is 2. The van der Waals surface area contributed by atoms with Gasteiger partial charge in [-0.3, -0.25) is 0 Å². The molecule has 0 aliphatic heterocycles. The van der Waals surface area contributed by atoms with Crippen LogP contribution in [0.1, 0.15) is 5.56 Å². The minimum Gasteiger partial charge on any atom is -0.241 e. The van der Waals surface area contributed by atoms with E-state index in [1.54, 1.807) is 10.9 Å². The second kappa shape index (κ2) is 4.68. The molecule has 0 aliphatic carbocycles. The standard InChI is InChI=1S/C12H9ClN2/c13-8-1-3-11-4-6-12(7-5-11)15-10-2-9-14-15/h2,4-7,9-10H,8H2. The van der Waals surface area contributed by atoms with Gasteiger partial charge in [-0.2, -0.15) is 5.10 Å². The average Bonchev–Trinajstić information content (AvgIpc) is 2.80. The molecule has 0 fully saturated rings. The van der Waals surface area contributed by atoms with Crippen molar-refractivity contribution < 1.29 is 0 Å². The van der Waals surface area contributed by atoms with Gasteiger partial charge >= 0.3 is 0 Å². The molecule has 2 nitrogen and oxygen atoms in total. The Morgan fingerprint density at radius 1 is 1.27 bits per heavy atom. The minimum atomic E-state index is 0.362. The Morgan fingerprint density at radius 3 is 2.67 bits per heavy atom. The van der Waals surface area contributed by atoms with E-state index in [9.17, 15) is 0 Å². The van der Waals surface area contributed by atoms with E-state index in [0.717, 1.165) is 11.3 Å². The van der Waals surface area contributed by atoms with Crippen LogP contribution in [0.4, 0.5) is 0 Å². The lowest BCUT2D eigenvalue weighted by Crippen LogP contribution is -1.93. The fourth-order valence-corrected chi connectivity index (χ4v) is 1.32. The Morgan fingerprint density at radius 2 is 2.07 bits per heavy atom. The highest BCUT2D eigenvalue weighted by Crippen LogP contribution is 2.07. The van der Waals surface area contributed by atoms with E-state index in [2.05, 4.69) is 16.9 Å². The van der Waals surface area contributed by atoms with Gasteiger partial charge in [-0.15, -0.1) is 11.6 Å². The molecule has 0 unspecified atom stereocenters. The van der Waals surface area contributed by atoms with Gasteiger partial charge in [-0.05, 0) is 30.3 Å². The van der Waals surface area contributed by atoms with E-state index >= 15 is 0 Å². The van der Waals surface area contributed by atoms with Crippen molar-refractivity contribution in [3.8, 4) is 17.5 Å². The van der Waals surface area contributed by atoms with Crippen LogP contribution in [0.2, 0.25) is 0 Å². The van der Waals surface area contributed by atoms with Crippen molar-refractivity contribution in [1.82, 2.24) is 9.78 Å². The number of rotatable bonds is 1. The van der Waals surface area contributed by atoms with E-state index in [-0.39, 0.29) is 0 Å². The molecule has 1 aromatic carbocycles. The number of alkyl halides is 1. The molecule has 0 bridgehead atoms. The molecule has 0 spiro atoms. The Hall–Kier alpha value is -1.72. The molecule has 0 aliphatic rings. The van der Waals surface area contributed by atoms with Crippen LogP contribution >= 0.6 is 11.6 Å². The maximum absolute atomic E-state index is 5.48. The molecule has 0 radical (unpaired) electrons. The predicted molar refractivity (Wildman–Crippen MR) is 61.2 cm³/mol. The summed E-state index contributed by atoms with van der Waals surface area (Å²) in [6.45, 7) is 0. The van der Waals surface area contributed by atoms with E-state index in [4.69, 9.17) is 11.6 Å². The van der Waals surface area contributed by atoms with Crippen molar-refractivity contribution in [1.29, 1.82) is 0 Å². The zero-order chi connectivity index (χ0) is 10.5. The molecule has 0 atom stereocenters. The van der Waals surface area contributed by atoms with E-state index in [1.165, 1.54) is 0 Å². The monoisotopic (exact) mass is 216 g/mol. The third-order valence-electron chi connectivity index (χ3n) is 1.94. The number of benzene rings is 1. The number of hydrogen-bond donors (Lipinski definition) is 0. The third-order valence-corrected chi connectivity index (χ3v) is 2.07. The highest BCUT2D eigenvalue weighted by molar-refractivity contribution is 6.19. The second-order valence-electron chi connectivity index (χ2n) is 2.93. The first-order valence-corrected chi connectivity index (χ1v) is 5.08. The highest BCUT2D eigenvalue weighted by atomic mass is 35.5. The summed E-state index contributed by atoms with van der Waals surface area (Å²) in [5, 5.41) is 4.14. The summed E-state index contributed by atoms with van der Waals surface area (Å²) in [6.07, 6.45) is 3.65. The maximum Gasteiger partial charge on any atom is 0.0839 e. The first-order valence-electron chi connectivity index (χ1n) is 4.55. The summed E-state index contributed by atoms with van der Waals surface area (Å²) in [7, 11) is 0. The fraction of sp³-hybridized carbons (Fsp3) is 0.0833. The summed E-state index contributed by atoms with van der Waals surface area (Å²) >= 11 is 5.48. The summed E-state index contributed by atoms with van der Waals surface area (Å²) in [6, 6.07) is 9.75. The van der Waals surface area contributed by atoms with Crippen LogP contribution in [-0.4, -0.2) is 15.7 Å². The van der Waals surface area contributed by atoms with E-state index in [1.807, 2.05) is 36.5 Å². The Kier molecular flexibility index (Phi) is 3.06.